The molecule has 7 nitrogen and oxygen atoms in total. The number of ether oxygens (including phenoxy) is 2. The van der Waals surface area contributed by atoms with Crippen LogP contribution in [0, 0.1) is 0 Å². The number of hydrogen-bond acceptors (Lipinski definition) is 6. The maximum atomic E-state index is 11.7. The fourth-order valence-corrected chi connectivity index (χ4v) is 2.22. The van der Waals surface area contributed by atoms with Crippen LogP contribution in [0.4, 0.5) is 0 Å². The number of aliphatic hydroxyl groups is 1. The summed E-state index contributed by atoms with van der Waals surface area (Å²) in [5.41, 5.74) is -2.50. The molecule has 0 spiro atoms. The number of esters is 2. The highest BCUT2D eigenvalue weighted by Crippen LogP contribution is 2.18. The van der Waals surface area contributed by atoms with E-state index in [4.69, 9.17) is 14.6 Å². The van der Waals surface area contributed by atoms with E-state index in [1.54, 1.807) is 0 Å². The van der Waals surface area contributed by atoms with Crippen molar-refractivity contribution < 1.29 is 34.1 Å². The molecule has 0 unspecified atom stereocenters. The van der Waals surface area contributed by atoms with E-state index in [-0.39, 0.29) is 13.2 Å². The van der Waals surface area contributed by atoms with Gasteiger partial charge < -0.3 is 19.7 Å². The van der Waals surface area contributed by atoms with Crippen molar-refractivity contribution in [1.82, 2.24) is 0 Å². The van der Waals surface area contributed by atoms with Crippen LogP contribution in [-0.4, -0.2) is 46.9 Å². The monoisotopic (exact) mass is 360 g/mol. The van der Waals surface area contributed by atoms with Gasteiger partial charge in [0, 0.05) is 0 Å². The van der Waals surface area contributed by atoms with E-state index in [9.17, 15) is 19.5 Å². The number of carbonyl (C=O) groups is 3. The van der Waals surface area contributed by atoms with Gasteiger partial charge in [-0.1, -0.05) is 52.4 Å². The molecule has 0 saturated heterocycles. The summed E-state index contributed by atoms with van der Waals surface area (Å²) in [6.07, 6.45) is 5.80. The van der Waals surface area contributed by atoms with Crippen LogP contribution in [0.1, 0.15) is 78.1 Å². The van der Waals surface area contributed by atoms with E-state index in [0.29, 0.717) is 12.8 Å². The van der Waals surface area contributed by atoms with Crippen molar-refractivity contribution in [2.75, 3.05) is 13.2 Å². The first-order valence-corrected chi connectivity index (χ1v) is 9.12. The van der Waals surface area contributed by atoms with E-state index >= 15 is 0 Å². The second-order valence-corrected chi connectivity index (χ2v) is 6.25. The van der Waals surface area contributed by atoms with Crippen LogP contribution in [-0.2, 0) is 23.9 Å². The lowest BCUT2D eigenvalue weighted by Gasteiger charge is -2.21. The molecule has 2 N–H and O–H groups in total. The van der Waals surface area contributed by atoms with Gasteiger partial charge in [-0.05, 0) is 12.8 Å². The van der Waals surface area contributed by atoms with Gasteiger partial charge in [0.15, 0.2) is 5.60 Å². The van der Waals surface area contributed by atoms with Crippen LogP contribution in [0.2, 0.25) is 0 Å². The summed E-state index contributed by atoms with van der Waals surface area (Å²) >= 11 is 0. The molecule has 0 aromatic heterocycles. The molecule has 0 aliphatic carbocycles. The Hall–Kier alpha value is -1.63. The summed E-state index contributed by atoms with van der Waals surface area (Å²) < 4.78 is 9.85. The molecule has 0 aliphatic rings. The Labute approximate surface area is 149 Å². The van der Waals surface area contributed by atoms with Crippen LogP contribution in [0.3, 0.4) is 0 Å². The third-order valence-corrected chi connectivity index (χ3v) is 3.79. The number of carboxylic acids is 1. The summed E-state index contributed by atoms with van der Waals surface area (Å²) in [7, 11) is 0. The highest BCUT2D eigenvalue weighted by molar-refractivity contribution is 5.88. The highest BCUT2D eigenvalue weighted by atomic mass is 16.5. The second kappa shape index (κ2) is 13.6. The number of rotatable bonds is 15. The largest absolute Gasteiger partial charge is 0.479 e. The molecule has 7 heteroatoms. The smallest absolute Gasteiger partial charge is 0.336 e. The summed E-state index contributed by atoms with van der Waals surface area (Å²) in [6.45, 7) is 4.47. The van der Waals surface area contributed by atoms with E-state index in [1.807, 2.05) is 0 Å². The van der Waals surface area contributed by atoms with Crippen LogP contribution in [0.15, 0.2) is 0 Å². The van der Waals surface area contributed by atoms with Crippen molar-refractivity contribution in [3.63, 3.8) is 0 Å². The Kier molecular flexibility index (Phi) is 12.7. The Morgan fingerprint density at radius 3 is 1.48 bits per heavy atom. The first-order valence-electron chi connectivity index (χ1n) is 9.12. The molecular formula is C18H32O7. The first-order chi connectivity index (χ1) is 11.9. The Balaban J connectivity index is 4.27. The number of hydrogen-bond donors (Lipinski definition) is 2. The topological polar surface area (TPSA) is 110 Å². The fraction of sp³-hybridized carbons (Fsp3) is 0.833. The van der Waals surface area contributed by atoms with Gasteiger partial charge in [-0.25, -0.2) is 4.79 Å². The lowest BCUT2D eigenvalue weighted by molar-refractivity contribution is -0.173. The first kappa shape index (κ1) is 23.4. The number of carboxylic acid groups (broad SMARTS) is 1. The molecule has 0 amide bonds. The van der Waals surface area contributed by atoms with Gasteiger partial charge in [0.05, 0.1) is 26.1 Å². The van der Waals surface area contributed by atoms with Crippen molar-refractivity contribution in [2.45, 2.75) is 83.7 Å². The average Bonchev–Trinajstić information content (AvgIpc) is 2.54. The van der Waals surface area contributed by atoms with Crippen LogP contribution >= 0.6 is 0 Å². The van der Waals surface area contributed by atoms with Crippen LogP contribution in [0.5, 0.6) is 0 Å². The molecule has 0 bridgehead atoms. The minimum absolute atomic E-state index is 0.177. The zero-order valence-corrected chi connectivity index (χ0v) is 15.4. The SMILES string of the molecule is CCCCCCOC(=O)CC(O)(CC(=O)OCCCCCC)C(=O)O. The maximum Gasteiger partial charge on any atom is 0.336 e. The summed E-state index contributed by atoms with van der Waals surface area (Å²) in [6, 6.07) is 0. The number of aliphatic carboxylic acids is 1. The van der Waals surface area contributed by atoms with E-state index in [0.717, 1.165) is 38.5 Å². The van der Waals surface area contributed by atoms with Gasteiger partial charge in [-0.3, -0.25) is 9.59 Å². The van der Waals surface area contributed by atoms with Crippen molar-refractivity contribution in [3.05, 3.63) is 0 Å². The molecule has 146 valence electrons. The third-order valence-electron chi connectivity index (χ3n) is 3.79. The zero-order valence-electron chi connectivity index (χ0n) is 15.4. The van der Waals surface area contributed by atoms with Crippen molar-refractivity contribution in [1.29, 1.82) is 0 Å². The molecule has 0 aromatic rings. The highest BCUT2D eigenvalue weighted by Gasteiger charge is 2.41. The van der Waals surface area contributed by atoms with Crippen LogP contribution < -0.4 is 0 Å². The Morgan fingerprint density at radius 1 is 0.760 bits per heavy atom. The zero-order chi connectivity index (χ0) is 19.1. The quantitative estimate of drug-likeness (QED) is 0.341. The summed E-state index contributed by atoms with van der Waals surface area (Å²) in [4.78, 5) is 34.7. The van der Waals surface area contributed by atoms with E-state index < -0.39 is 36.4 Å². The molecule has 0 heterocycles. The second-order valence-electron chi connectivity index (χ2n) is 6.25. The molecule has 0 aliphatic heterocycles. The molecule has 0 fully saturated rings. The van der Waals surface area contributed by atoms with Gasteiger partial charge in [-0.2, -0.15) is 0 Å². The Morgan fingerprint density at radius 2 is 1.16 bits per heavy atom. The van der Waals surface area contributed by atoms with Crippen molar-refractivity contribution in [2.24, 2.45) is 0 Å². The minimum Gasteiger partial charge on any atom is -0.479 e. The van der Waals surface area contributed by atoms with Gasteiger partial charge in [0.1, 0.15) is 0 Å². The summed E-state index contributed by atoms with van der Waals surface area (Å²) in [5.74, 6) is -3.31. The van der Waals surface area contributed by atoms with Gasteiger partial charge in [0.25, 0.3) is 0 Å². The third kappa shape index (κ3) is 11.5. The van der Waals surface area contributed by atoms with Gasteiger partial charge in [0.2, 0.25) is 0 Å². The number of carbonyl (C=O) groups excluding carboxylic acids is 2. The summed E-state index contributed by atoms with van der Waals surface area (Å²) in [5, 5.41) is 19.3. The van der Waals surface area contributed by atoms with Crippen molar-refractivity contribution >= 4 is 17.9 Å². The fourth-order valence-electron chi connectivity index (χ4n) is 2.22. The van der Waals surface area contributed by atoms with Crippen molar-refractivity contribution in [3.8, 4) is 0 Å². The molecule has 0 saturated carbocycles. The van der Waals surface area contributed by atoms with E-state index in [1.165, 1.54) is 0 Å². The molecule has 0 aromatic carbocycles. The van der Waals surface area contributed by atoms with Crippen LogP contribution in [0.25, 0.3) is 0 Å². The predicted molar refractivity (Wildman–Crippen MR) is 92.0 cm³/mol. The normalized spacial score (nSPS) is 11.2. The Bertz CT molecular complexity index is 378. The lowest BCUT2D eigenvalue weighted by atomic mass is 9.96. The molecule has 0 atom stereocenters. The number of unbranched alkanes of at least 4 members (excludes halogenated alkanes) is 6. The molecular weight excluding hydrogens is 328 g/mol. The maximum absolute atomic E-state index is 11.7. The lowest BCUT2D eigenvalue weighted by Crippen LogP contribution is -2.43. The minimum atomic E-state index is -2.50. The molecule has 0 radical (unpaired) electrons. The standard InChI is InChI=1S/C18H32O7/c1-3-5-7-9-11-24-15(19)13-18(23,17(21)22)14-16(20)25-12-10-8-6-4-2/h23H,3-14H2,1-2H3,(H,21,22). The van der Waals surface area contributed by atoms with Gasteiger partial charge in [-0.15, -0.1) is 0 Å². The molecule has 25 heavy (non-hydrogen) atoms. The molecule has 0 rings (SSSR count). The predicted octanol–water partition coefficient (Wildman–Crippen LogP) is 2.83. The van der Waals surface area contributed by atoms with Gasteiger partial charge >= 0.3 is 17.9 Å². The van der Waals surface area contributed by atoms with E-state index in [2.05, 4.69) is 13.8 Å². The average molecular weight is 360 g/mol.